The van der Waals surface area contributed by atoms with Crippen LogP contribution >= 0.6 is 0 Å². The average molecular weight is 228 g/mol. The van der Waals surface area contributed by atoms with Gasteiger partial charge in [0.25, 0.3) is 0 Å². The fourth-order valence-corrected chi connectivity index (χ4v) is 2.87. The van der Waals surface area contributed by atoms with Crippen LogP contribution in [0.25, 0.3) is 0 Å². The Balaban J connectivity index is 1.83. The highest BCUT2D eigenvalue weighted by Crippen LogP contribution is 2.28. The lowest BCUT2D eigenvalue weighted by molar-refractivity contribution is 0.664. The van der Waals surface area contributed by atoms with E-state index in [1.807, 2.05) is 0 Å². The van der Waals surface area contributed by atoms with Crippen molar-refractivity contribution in [1.29, 1.82) is 0 Å². The third-order valence-electron chi connectivity index (χ3n) is 3.81. The second-order valence-corrected chi connectivity index (χ2v) is 5.37. The molecule has 0 fully saturated rings. The van der Waals surface area contributed by atoms with E-state index >= 15 is 0 Å². The van der Waals surface area contributed by atoms with Gasteiger partial charge in [-0.2, -0.15) is 0 Å². The summed E-state index contributed by atoms with van der Waals surface area (Å²) in [5.74, 6) is 1.88. The number of anilines is 1. The maximum Gasteiger partial charge on any atom is 0.101 e. The first-order chi connectivity index (χ1) is 8.33. The van der Waals surface area contributed by atoms with Crippen LogP contribution in [0, 0.1) is 5.92 Å². The number of rotatable bonds is 1. The van der Waals surface area contributed by atoms with Crippen molar-refractivity contribution >= 4 is 11.5 Å². The molecule has 2 heteroatoms. The molecule has 0 amide bonds. The van der Waals surface area contributed by atoms with Crippen LogP contribution < -0.4 is 5.32 Å². The smallest absolute Gasteiger partial charge is 0.101 e. The van der Waals surface area contributed by atoms with Gasteiger partial charge < -0.3 is 5.32 Å². The van der Waals surface area contributed by atoms with E-state index in [0.29, 0.717) is 5.92 Å². The summed E-state index contributed by atoms with van der Waals surface area (Å²) in [5.41, 5.74) is 4.36. The van der Waals surface area contributed by atoms with Crippen LogP contribution in [0.3, 0.4) is 0 Å². The Morgan fingerprint density at radius 3 is 2.94 bits per heavy atom. The minimum absolute atomic E-state index is 0.706. The molecule has 0 aromatic heterocycles. The van der Waals surface area contributed by atoms with Gasteiger partial charge in [0.1, 0.15) is 5.84 Å². The van der Waals surface area contributed by atoms with Gasteiger partial charge in [0, 0.05) is 18.7 Å². The third kappa shape index (κ3) is 2.21. The summed E-state index contributed by atoms with van der Waals surface area (Å²) in [7, 11) is 0. The van der Waals surface area contributed by atoms with E-state index in [4.69, 9.17) is 0 Å². The zero-order valence-corrected chi connectivity index (χ0v) is 10.5. The Morgan fingerprint density at radius 2 is 2.12 bits per heavy atom. The lowest BCUT2D eigenvalue weighted by Crippen LogP contribution is -2.14. The number of hydrogen-bond donors (Lipinski definition) is 1. The van der Waals surface area contributed by atoms with E-state index in [1.54, 1.807) is 0 Å². The van der Waals surface area contributed by atoms with Gasteiger partial charge in [-0.3, -0.25) is 4.99 Å². The molecule has 1 aliphatic carbocycles. The molecule has 2 nitrogen and oxygen atoms in total. The van der Waals surface area contributed by atoms with Gasteiger partial charge in [-0.25, -0.2) is 0 Å². The predicted molar refractivity (Wildman–Crippen MR) is 72.8 cm³/mol. The van der Waals surface area contributed by atoms with E-state index in [0.717, 1.165) is 13.0 Å². The molecule has 1 aliphatic heterocycles. The Labute approximate surface area is 103 Å². The molecule has 0 saturated carbocycles. The van der Waals surface area contributed by atoms with E-state index < -0.39 is 0 Å². The quantitative estimate of drug-likeness (QED) is 0.782. The van der Waals surface area contributed by atoms with Crippen molar-refractivity contribution in [3.8, 4) is 0 Å². The molecule has 0 saturated heterocycles. The minimum Gasteiger partial charge on any atom is -0.344 e. The highest BCUT2D eigenvalue weighted by atomic mass is 15.0. The number of fused-ring (bicyclic) bond motifs is 1. The summed E-state index contributed by atoms with van der Waals surface area (Å²) in [6.45, 7) is 3.25. The maximum atomic E-state index is 4.57. The number of aliphatic imine (C=N–C) groups is 1. The number of benzene rings is 1. The molecule has 0 bridgehead atoms. The van der Waals surface area contributed by atoms with Crippen LogP contribution in [-0.4, -0.2) is 12.4 Å². The summed E-state index contributed by atoms with van der Waals surface area (Å²) < 4.78 is 0. The predicted octanol–water partition coefficient (Wildman–Crippen LogP) is 3.42. The molecule has 1 heterocycles. The third-order valence-corrected chi connectivity index (χ3v) is 3.81. The van der Waals surface area contributed by atoms with Crippen LogP contribution in [0.1, 0.15) is 37.3 Å². The molecule has 1 unspecified atom stereocenters. The summed E-state index contributed by atoms with van der Waals surface area (Å²) in [6, 6.07) is 6.65. The molecule has 17 heavy (non-hydrogen) atoms. The van der Waals surface area contributed by atoms with Gasteiger partial charge in [-0.1, -0.05) is 19.1 Å². The van der Waals surface area contributed by atoms with Gasteiger partial charge in [0.15, 0.2) is 0 Å². The first kappa shape index (κ1) is 10.8. The van der Waals surface area contributed by atoms with Gasteiger partial charge >= 0.3 is 0 Å². The van der Waals surface area contributed by atoms with Crippen molar-refractivity contribution in [2.45, 2.75) is 39.0 Å². The molecule has 0 spiro atoms. The summed E-state index contributed by atoms with van der Waals surface area (Å²) in [5, 5.41) is 3.55. The second kappa shape index (κ2) is 4.52. The van der Waals surface area contributed by atoms with Crippen LogP contribution in [0.2, 0.25) is 0 Å². The highest BCUT2D eigenvalue weighted by molar-refractivity contribution is 5.97. The Kier molecular flexibility index (Phi) is 2.87. The largest absolute Gasteiger partial charge is 0.344 e. The van der Waals surface area contributed by atoms with Gasteiger partial charge in [-0.15, -0.1) is 0 Å². The molecular weight excluding hydrogens is 208 g/mol. The van der Waals surface area contributed by atoms with Gasteiger partial charge in [-0.05, 0) is 48.8 Å². The lowest BCUT2D eigenvalue weighted by atomic mass is 9.90. The standard InChI is InChI=1S/C15H20N2/c1-11-9-15(16-10-11)17-14-8-4-6-12-5-2-3-7-13(12)14/h4,6,8,11H,2-3,5,7,9-10H2,1H3,(H,16,17). The lowest BCUT2D eigenvalue weighted by Gasteiger charge is -2.20. The number of nitrogens with one attached hydrogen (secondary N) is 1. The number of hydrogen-bond acceptors (Lipinski definition) is 2. The van der Waals surface area contributed by atoms with Crippen molar-refractivity contribution in [3.63, 3.8) is 0 Å². The molecular formula is C15H20N2. The van der Waals surface area contributed by atoms with Crippen molar-refractivity contribution in [2.24, 2.45) is 10.9 Å². The van der Waals surface area contributed by atoms with E-state index in [2.05, 4.69) is 35.4 Å². The summed E-state index contributed by atoms with van der Waals surface area (Å²) in [4.78, 5) is 4.57. The second-order valence-electron chi connectivity index (χ2n) is 5.37. The van der Waals surface area contributed by atoms with Crippen molar-refractivity contribution in [2.75, 3.05) is 11.9 Å². The first-order valence-electron chi connectivity index (χ1n) is 6.74. The zero-order valence-electron chi connectivity index (χ0n) is 10.5. The summed E-state index contributed by atoms with van der Waals surface area (Å²) in [6.07, 6.45) is 6.24. The van der Waals surface area contributed by atoms with Crippen LogP contribution in [0.4, 0.5) is 5.69 Å². The summed E-state index contributed by atoms with van der Waals surface area (Å²) >= 11 is 0. The maximum absolute atomic E-state index is 4.57. The number of amidine groups is 1. The van der Waals surface area contributed by atoms with E-state index in [1.165, 1.54) is 48.3 Å². The van der Waals surface area contributed by atoms with Crippen molar-refractivity contribution < 1.29 is 0 Å². The number of nitrogens with zero attached hydrogens (tertiary/aromatic N) is 1. The first-order valence-corrected chi connectivity index (χ1v) is 6.74. The van der Waals surface area contributed by atoms with Crippen molar-refractivity contribution in [1.82, 2.24) is 0 Å². The molecule has 3 rings (SSSR count). The molecule has 90 valence electrons. The SMILES string of the molecule is CC1CN=C(Nc2cccc3c2CCCC3)C1. The molecule has 1 aromatic carbocycles. The van der Waals surface area contributed by atoms with Gasteiger partial charge in [0.05, 0.1) is 0 Å². The topological polar surface area (TPSA) is 24.4 Å². The minimum atomic E-state index is 0.706. The molecule has 1 aromatic rings. The fraction of sp³-hybridized carbons (Fsp3) is 0.533. The monoisotopic (exact) mass is 228 g/mol. The van der Waals surface area contributed by atoms with Crippen LogP contribution in [0.5, 0.6) is 0 Å². The van der Waals surface area contributed by atoms with E-state index in [9.17, 15) is 0 Å². The molecule has 0 radical (unpaired) electrons. The van der Waals surface area contributed by atoms with Gasteiger partial charge in [0.2, 0.25) is 0 Å². The van der Waals surface area contributed by atoms with Crippen LogP contribution in [0.15, 0.2) is 23.2 Å². The van der Waals surface area contributed by atoms with Crippen molar-refractivity contribution in [3.05, 3.63) is 29.3 Å². The Bertz CT molecular complexity index is 448. The molecule has 1 atom stereocenters. The normalized spacial score (nSPS) is 23.1. The fourth-order valence-electron chi connectivity index (χ4n) is 2.87. The highest BCUT2D eigenvalue weighted by Gasteiger charge is 2.17. The molecule has 2 aliphatic rings. The Hall–Kier alpha value is -1.31. The molecule has 1 N–H and O–H groups in total. The van der Waals surface area contributed by atoms with E-state index in [-0.39, 0.29) is 0 Å². The van der Waals surface area contributed by atoms with Crippen LogP contribution in [-0.2, 0) is 12.8 Å². The zero-order chi connectivity index (χ0) is 11.7. The Morgan fingerprint density at radius 1 is 1.24 bits per heavy atom. The average Bonchev–Trinajstić information content (AvgIpc) is 2.75. The number of aryl methyl sites for hydroxylation is 1.